The minimum absolute atomic E-state index is 0. The summed E-state index contributed by atoms with van der Waals surface area (Å²) < 4.78 is 1.05. The lowest BCUT2D eigenvalue weighted by atomic mass is 10.1. The summed E-state index contributed by atoms with van der Waals surface area (Å²) in [4.78, 5) is 11.3. The van der Waals surface area contributed by atoms with Gasteiger partial charge in [0.15, 0.2) is 5.84 Å². The minimum atomic E-state index is 0. The van der Waals surface area contributed by atoms with Crippen LogP contribution in [0, 0.1) is 0 Å². The molecule has 0 saturated carbocycles. The molecule has 0 saturated heterocycles. The van der Waals surface area contributed by atoms with Gasteiger partial charge < -0.3 is 4.90 Å². The minimum Gasteiger partial charge on any atom is -0.362 e. The first-order valence-electron chi connectivity index (χ1n) is 6.35. The van der Waals surface area contributed by atoms with Crippen molar-refractivity contribution in [3.63, 3.8) is 0 Å². The lowest BCUT2D eigenvalue weighted by Gasteiger charge is -2.11. The van der Waals surface area contributed by atoms with Crippen LogP contribution in [0.5, 0.6) is 0 Å². The standard InChI is InChI=1S/C16H14BrN3.ClH/c1-20(2)16-14-6-4-3-5-13(14)15(19-16)18-12-9-7-11(17)8-10-12;/h3-10H,1-2H3;1H. The third-order valence-electron chi connectivity index (χ3n) is 3.11. The first-order valence-corrected chi connectivity index (χ1v) is 7.14. The molecular weight excluding hydrogens is 350 g/mol. The number of fused-ring (bicyclic) bond motifs is 1. The largest absolute Gasteiger partial charge is 0.362 e. The Bertz CT molecular complexity index is 706. The molecule has 21 heavy (non-hydrogen) atoms. The van der Waals surface area contributed by atoms with E-state index in [1.54, 1.807) is 0 Å². The fourth-order valence-electron chi connectivity index (χ4n) is 2.16. The van der Waals surface area contributed by atoms with Crippen molar-refractivity contribution >= 4 is 45.7 Å². The average Bonchev–Trinajstić information content (AvgIpc) is 2.81. The molecule has 1 aliphatic rings. The molecule has 2 aromatic carbocycles. The molecule has 5 heteroatoms. The number of aliphatic imine (C=N–C) groups is 2. The quantitative estimate of drug-likeness (QED) is 0.742. The van der Waals surface area contributed by atoms with E-state index in [9.17, 15) is 0 Å². The molecule has 0 spiro atoms. The summed E-state index contributed by atoms with van der Waals surface area (Å²) in [6.45, 7) is 0. The number of benzene rings is 2. The fourth-order valence-corrected chi connectivity index (χ4v) is 2.42. The number of hydrogen-bond acceptors (Lipinski definition) is 2. The van der Waals surface area contributed by atoms with Crippen molar-refractivity contribution in [3.05, 3.63) is 64.1 Å². The normalized spacial score (nSPS) is 14.4. The van der Waals surface area contributed by atoms with Crippen molar-refractivity contribution < 1.29 is 0 Å². The van der Waals surface area contributed by atoms with Crippen LogP contribution in [-0.2, 0) is 0 Å². The zero-order valence-electron chi connectivity index (χ0n) is 11.7. The molecule has 0 fully saturated rings. The first kappa shape index (κ1) is 15.7. The Morgan fingerprint density at radius 2 is 1.57 bits per heavy atom. The van der Waals surface area contributed by atoms with E-state index in [0.717, 1.165) is 33.0 Å². The summed E-state index contributed by atoms with van der Waals surface area (Å²) in [6.07, 6.45) is 0. The van der Waals surface area contributed by atoms with Crippen molar-refractivity contribution in [1.82, 2.24) is 4.90 Å². The van der Waals surface area contributed by atoms with Crippen LogP contribution in [0.3, 0.4) is 0 Å². The Labute approximate surface area is 139 Å². The highest BCUT2D eigenvalue weighted by Gasteiger charge is 2.22. The van der Waals surface area contributed by atoms with Gasteiger partial charge in [0.2, 0.25) is 0 Å². The van der Waals surface area contributed by atoms with Crippen molar-refractivity contribution in [2.45, 2.75) is 0 Å². The van der Waals surface area contributed by atoms with E-state index in [1.807, 2.05) is 55.4 Å². The highest BCUT2D eigenvalue weighted by molar-refractivity contribution is 9.10. The number of amidine groups is 2. The second kappa shape index (κ2) is 6.41. The Kier molecular flexibility index (Phi) is 4.80. The van der Waals surface area contributed by atoms with E-state index < -0.39 is 0 Å². The van der Waals surface area contributed by atoms with Crippen LogP contribution in [0.1, 0.15) is 11.1 Å². The van der Waals surface area contributed by atoms with Crippen LogP contribution in [0.2, 0.25) is 0 Å². The molecule has 0 radical (unpaired) electrons. The van der Waals surface area contributed by atoms with Crippen molar-refractivity contribution in [2.75, 3.05) is 14.1 Å². The molecule has 1 aliphatic heterocycles. The first-order chi connectivity index (χ1) is 9.65. The van der Waals surface area contributed by atoms with Crippen LogP contribution in [-0.4, -0.2) is 30.7 Å². The van der Waals surface area contributed by atoms with Gasteiger partial charge in [-0.3, -0.25) is 0 Å². The maximum atomic E-state index is 4.65. The number of nitrogens with zero attached hydrogens (tertiary/aromatic N) is 3. The lowest BCUT2D eigenvalue weighted by Crippen LogP contribution is -2.21. The van der Waals surface area contributed by atoms with Gasteiger partial charge in [-0.2, -0.15) is 0 Å². The van der Waals surface area contributed by atoms with E-state index in [2.05, 4.69) is 38.0 Å². The van der Waals surface area contributed by atoms with Crippen LogP contribution in [0.15, 0.2) is 63.0 Å². The Hall–Kier alpha value is -1.65. The molecule has 3 nitrogen and oxygen atoms in total. The van der Waals surface area contributed by atoms with Gasteiger partial charge in [0.25, 0.3) is 0 Å². The molecule has 108 valence electrons. The molecule has 1 heterocycles. The zero-order valence-corrected chi connectivity index (χ0v) is 14.1. The average molecular weight is 365 g/mol. The smallest absolute Gasteiger partial charge is 0.162 e. The number of halogens is 2. The van der Waals surface area contributed by atoms with Gasteiger partial charge in [-0.15, -0.1) is 12.4 Å². The molecule has 0 amide bonds. The van der Waals surface area contributed by atoms with Crippen molar-refractivity contribution in [2.24, 2.45) is 9.98 Å². The highest BCUT2D eigenvalue weighted by Crippen LogP contribution is 2.24. The topological polar surface area (TPSA) is 28.0 Å². The van der Waals surface area contributed by atoms with Gasteiger partial charge in [-0.1, -0.05) is 40.2 Å². The summed E-state index contributed by atoms with van der Waals surface area (Å²) in [5, 5.41) is 0. The lowest BCUT2D eigenvalue weighted by molar-refractivity contribution is 0.626. The Morgan fingerprint density at radius 1 is 0.952 bits per heavy atom. The summed E-state index contributed by atoms with van der Waals surface area (Å²) in [6, 6.07) is 16.1. The zero-order chi connectivity index (χ0) is 14.1. The summed E-state index contributed by atoms with van der Waals surface area (Å²) in [7, 11) is 4.00. The van der Waals surface area contributed by atoms with E-state index >= 15 is 0 Å². The molecular formula is C16H15BrClN3. The fraction of sp³-hybridized carbons (Fsp3) is 0.125. The van der Waals surface area contributed by atoms with Gasteiger partial charge in [0.1, 0.15) is 5.84 Å². The molecule has 0 aliphatic carbocycles. The maximum absolute atomic E-state index is 4.65. The SMILES string of the molecule is CN(C)C1=NC(=Nc2ccc(Br)cc2)c2ccccc21.Cl. The van der Waals surface area contributed by atoms with Crippen LogP contribution in [0.25, 0.3) is 0 Å². The summed E-state index contributed by atoms with van der Waals surface area (Å²) in [5.74, 6) is 1.73. The van der Waals surface area contributed by atoms with Crippen molar-refractivity contribution in [1.29, 1.82) is 0 Å². The highest BCUT2D eigenvalue weighted by atomic mass is 79.9. The molecule has 0 aromatic heterocycles. The van der Waals surface area contributed by atoms with Crippen LogP contribution in [0.4, 0.5) is 5.69 Å². The number of hydrogen-bond donors (Lipinski definition) is 0. The Balaban J connectivity index is 0.00000161. The van der Waals surface area contributed by atoms with Crippen molar-refractivity contribution in [3.8, 4) is 0 Å². The van der Waals surface area contributed by atoms with Gasteiger partial charge in [-0.05, 0) is 24.3 Å². The maximum Gasteiger partial charge on any atom is 0.162 e. The molecule has 3 rings (SSSR count). The summed E-state index contributed by atoms with van der Waals surface area (Å²) in [5.41, 5.74) is 3.12. The van der Waals surface area contributed by atoms with Crippen LogP contribution >= 0.6 is 28.3 Å². The summed E-state index contributed by atoms with van der Waals surface area (Å²) >= 11 is 3.43. The van der Waals surface area contributed by atoms with E-state index in [1.165, 1.54) is 0 Å². The van der Waals surface area contributed by atoms with E-state index in [4.69, 9.17) is 0 Å². The monoisotopic (exact) mass is 363 g/mol. The second-order valence-electron chi connectivity index (χ2n) is 4.79. The van der Waals surface area contributed by atoms with E-state index in [0.29, 0.717) is 0 Å². The molecule has 2 aromatic rings. The molecule has 0 N–H and O–H groups in total. The molecule has 0 unspecified atom stereocenters. The molecule has 0 bridgehead atoms. The predicted octanol–water partition coefficient (Wildman–Crippen LogP) is 4.27. The number of rotatable bonds is 1. The van der Waals surface area contributed by atoms with Gasteiger partial charge >= 0.3 is 0 Å². The predicted molar refractivity (Wildman–Crippen MR) is 94.3 cm³/mol. The van der Waals surface area contributed by atoms with Crippen LogP contribution < -0.4 is 0 Å². The van der Waals surface area contributed by atoms with Gasteiger partial charge in [0, 0.05) is 29.7 Å². The van der Waals surface area contributed by atoms with Gasteiger partial charge in [-0.25, -0.2) is 9.98 Å². The van der Waals surface area contributed by atoms with Gasteiger partial charge in [0.05, 0.1) is 5.69 Å². The third kappa shape index (κ3) is 3.17. The molecule has 0 atom stereocenters. The second-order valence-corrected chi connectivity index (χ2v) is 5.70. The van der Waals surface area contributed by atoms with E-state index in [-0.39, 0.29) is 12.4 Å². The Morgan fingerprint density at radius 3 is 2.19 bits per heavy atom. The third-order valence-corrected chi connectivity index (χ3v) is 3.63.